The van der Waals surface area contributed by atoms with Crippen LogP contribution < -0.4 is 9.64 Å². The largest absolute Gasteiger partial charge is 0.481 e. The number of fused-ring (bicyclic) bond motifs is 1. The lowest BCUT2D eigenvalue weighted by Gasteiger charge is -2.26. The molecule has 1 N–H and O–H groups in total. The molecular weight excluding hydrogens is 587 g/mol. The van der Waals surface area contributed by atoms with E-state index in [0.717, 1.165) is 38.7 Å². The Morgan fingerprint density at radius 3 is 2.76 bits per heavy atom. The fraction of sp³-hybridized carbons (Fsp3) is 0.407. The molecule has 0 unspecified atom stereocenters. The van der Waals surface area contributed by atoms with Crippen molar-refractivity contribution in [2.45, 2.75) is 45.1 Å². The number of aryl methyl sites for hydroxylation is 2. The van der Waals surface area contributed by atoms with Gasteiger partial charge in [0.1, 0.15) is 11.9 Å². The van der Waals surface area contributed by atoms with Crippen LogP contribution in [0.25, 0.3) is 11.0 Å². The van der Waals surface area contributed by atoms with Crippen LogP contribution in [-0.2, 0) is 21.4 Å². The van der Waals surface area contributed by atoms with Crippen LogP contribution in [0, 0.1) is 28.3 Å². The number of carboxylic acid groups (broad SMARTS) is 1. The minimum Gasteiger partial charge on any atom is -0.481 e. The van der Waals surface area contributed by atoms with Crippen LogP contribution in [0.2, 0.25) is 0 Å². The highest BCUT2D eigenvalue weighted by Gasteiger charge is 2.33. The third kappa shape index (κ3) is 5.15. The first-order valence-electron chi connectivity index (χ1n) is 12.1. The molecule has 2 aliphatic rings. The number of aliphatic carboxylic acids is 1. The number of ether oxygens (including phenoxy) is 2. The van der Waals surface area contributed by atoms with E-state index in [1.54, 1.807) is 29.6 Å². The monoisotopic (exact) mass is 614 g/mol. The zero-order valence-electron chi connectivity index (χ0n) is 20.8. The average Bonchev–Trinajstić information content (AvgIpc) is 3.67. The van der Waals surface area contributed by atoms with Gasteiger partial charge in [-0.2, -0.15) is 0 Å². The fourth-order valence-electron chi connectivity index (χ4n) is 4.60. The molecule has 5 rings (SSSR count). The van der Waals surface area contributed by atoms with Crippen LogP contribution in [0.4, 0.5) is 11.5 Å². The lowest BCUT2D eigenvalue weighted by molar-refractivity contribution is -0.149. The van der Waals surface area contributed by atoms with Gasteiger partial charge in [-0.3, -0.25) is 19.2 Å². The average molecular weight is 614 g/mol. The molecule has 0 bridgehead atoms. The van der Waals surface area contributed by atoms with Crippen molar-refractivity contribution in [2.75, 3.05) is 18.1 Å². The summed E-state index contributed by atoms with van der Waals surface area (Å²) in [5, 5.41) is 13.9. The Hall–Kier alpha value is -3.17. The SMILES string of the molecule is CC#CC(=O)N(c1ccc2c(n1)c(O[C@@H]1COC[C@@H](C(=O)O)C1)nn2C)c1cc(C)c(I)cc1C1CC1. The van der Waals surface area contributed by atoms with Crippen LogP contribution in [0.15, 0.2) is 24.3 Å². The lowest BCUT2D eigenvalue weighted by Crippen LogP contribution is -2.37. The van der Waals surface area contributed by atoms with Crippen LogP contribution in [0.1, 0.15) is 43.2 Å². The maximum absolute atomic E-state index is 13.4. The van der Waals surface area contributed by atoms with E-state index in [1.165, 1.54) is 0 Å². The van der Waals surface area contributed by atoms with Crippen LogP contribution in [-0.4, -0.2) is 51.1 Å². The van der Waals surface area contributed by atoms with Gasteiger partial charge in [0.2, 0.25) is 0 Å². The number of carbonyl (C=O) groups is 2. The molecule has 0 spiro atoms. The van der Waals surface area contributed by atoms with Gasteiger partial charge >= 0.3 is 11.9 Å². The van der Waals surface area contributed by atoms with E-state index in [0.29, 0.717) is 23.7 Å². The summed E-state index contributed by atoms with van der Waals surface area (Å²) in [6.07, 6.45) is 2.02. The number of rotatable bonds is 6. The number of aromatic nitrogens is 3. The van der Waals surface area contributed by atoms with Gasteiger partial charge in [-0.15, -0.1) is 5.10 Å². The molecule has 0 radical (unpaired) electrons. The Balaban J connectivity index is 1.58. The minimum absolute atomic E-state index is 0.162. The summed E-state index contributed by atoms with van der Waals surface area (Å²) >= 11 is 2.33. The molecule has 9 nitrogen and oxygen atoms in total. The first-order valence-corrected chi connectivity index (χ1v) is 13.2. The van der Waals surface area contributed by atoms with Crippen LogP contribution in [0.3, 0.4) is 0 Å². The first-order chi connectivity index (χ1) is 17.8. The van der Waals surface area contributed by atoms with Crippen molar-refractivity contribution in [1.29, 1.82) is 0 Å². The standard InChI is InChI=1S/C27H27IN4O5/c1-4-5-24(33)32(22-10-15(2)20(28)12-19(22)16-6-7-16)23-9-8-21-25(29-23)26(30-31(21)3)37-18-11-17(27(34)35)13-36-14-18/h8-10,12,16-18H,6-7,11,13-14H2,1-3H3,(H,34,35)/t17-,18-/m0/s1. The summed E-state index contributed by atoms with van der Waals surface area (Å²) in [4.78, 5) is 31.2. The van der Waals surface area contributed by atoms with Crippen molar-refractivity contribution in [1.82, 2.24) is 14.8 Å². The van der Waals surface area contributed by atoms with Gasteiger partial charge in [-0.25, -0.2) is 4.98 Å². The summed E-state index contributed by atoms with van der Waals surface area (Å²) in [7, 11) is 1.78. The lowest BCUT2D eigenvalue weighted by atomic mass is 10.0. The van der Waals surface area contributed by atoms with E-state index in [9.17, 15) is 14.7 Å². The normalized spacial score (nSPS) is 19.2. The maximum Gasteiger partial charge on any atom is 0.308 e. The van der Waals surface area contributed by atoms with Crippen molar-refractivity contribution >= 4 is 57.0 Å². The second kappa shape index (κ2) is 10.3. The molecule has 1 aromatic carbocycles. The van der Waals surface area contributed by atoms with E-state index in [-0.39, 0.29) is 25.0 Å². The zero-order valence-corrected chi connectivity index (χ0v) is 23.0. The van der Waals surface area contributed by atoms with E-state index in [1.807, 2.05) is 19.1 Å². The topological polar surface area (TPSA) is 107 Å². The summed E-state index contributed by atoms with van der Waals surface area (Å²) in [6, 6.07) is 7.83. The third-order valence-corrected chi connectivity index (χ3v) is 7.84. The van der Waals surface area contributed by atoms with Crippen molar-refractivity contribution in [3.63, 3.8) is 0 Å². The van der Waals surface area contributed by atoms with E-state index in [4.69, 9.17) is 14.5 Å². The number of nitrogens with zero attached hydrogens (tertiary/aromatic N) is 4. The predicted molar refractivity (Wildman–Crippen MR) is 146 cm³/mol. The van der Waals surface area contributed by atoms with E-state index < -0.39 is 18.0 Å². The number of hydrogen-bond donors (Lipinski definition) is 1. The van der Waals surface area contributed by atoms with Gasteiger partial charge in [-0.05, 0) is 96.5 Å². The number of benzene rings is 1. The molecule has 1 aliphatic carbocycles. The Morgan fingerprint density at radius 2 is 2.05 bits per heavy atom. The number of anilines is 2. The molecule has 2 aromatic heterocycles. The summed E-state index contributed by atoms with van der Waals surface area (Å²) < 4.78 is 14.4. The van der Waals surface area contributed by atoms with Crippen LogP contribution >= 0.6 is 22.6 Å². The molecule has 3 heterocycles. The summed E-state index contributed by atoms with van der Waals surface area (Å²) in [5.41, 5.74) is 4.18. The number of halogens is 1. The Morgan fingerprint density at radius 1 is 1.27 bits per heavy atom. The number of pyridine rings is 1. The van der Waals surface area contributed by atoms with Gasteiger partial charge < -0.3 is 14.6 Å². The van der Waals surface area contributed by atoms with E-state index in [2.05, 4.69) is 45.6 Å². The molecule has 3 aromatic rings. The minimum atomic E-state index is -0.912. The quantitative estimate of drug-likeness (QED) is 0.326. The number of amides is 1. The predicted octanol–water partition coefficient (Wildman–Crippen LogP) is 4.32. The van der Waals surface area contributed by atoms with Gasteiger partial charge in [0.15, 0.2) is 5.52 Å². The molecular formula is C27H27IN4O5. The highest BCUT2D eigenvalue weighted by Crippen LogP contribution is 2.47. The second-order valence-corrected chi connectivity index (χ2v) is 10.6. The Kier molecular flexibility index (Phi) is 7.09. The van der Waals surface area contributed by atoms with Crippen molar-refractivity contribution in [3.8, 4) is 17.7 Å². The molecule has 2 fully saturated rings. The molecule has 10 heteroatoms. The molecule has 1 saturated heterocycles. The molecule has 1 aliphatic heterocycles. The fourth-order valence-corrected chi connectivity index (χ4v) is 5.10. The second-order valence-electron chi connectivity index (χ2n) is 9.46. The highest BCUT2D eigenvalue weighted by atomic mass is 127. The molecule has 1 amide bonds. The molecule has 1 saturated carbocycles. The van der Waals surface area contributed by atoms with E-state index >= 15 is 0 Å². The summed E-state index contributed by atoms with van der Waals surface area (Å²) in [6.45, 7) is 4.09. The number of carboxylic acids is 1. The molecule has 37 heavy (non-hydrogen) atoms. The highest BCUT2D eigenvalue weighted by molar-refractivity contribution is 14.1. The summed E-state index contributed by atoms with van der Waals surface area (Å²) in [5.74, 6) is 4.59. The van der Waals surface area contributed by atoms with Gasteiger partial charge in [-0.1, -0.05) is 5.92 Å². The van der Waals surface area contributed by atoms with Crippen LogP contribution in [0.5, 0.6) is 5.88 Å². The number of hydrogen-bond acceptors (Lipinski definition) is 6. The van der Waals surface area contributed by atoms with Gasteiger partial charge in [0.05, 0.1) is 30.3 Å². The molecule has 192 valence electrons. The van der Waals surface area contributed by atoms with Gasteiger partial charge in [0, 0.05) is 17.0 Å². The molecule has 2 atom stereocenters. The Bertz CT molecular complexity index is 1450. The Labute approximate surface area is 228 Å². The maximum atomic E-state index is 13.4. The first kappa shape index (κ1) is 25.5. The van der Waals surface area contributed by atoms with Gasteiger partial charge in [0.25, 0.3) is 5.88 Å². The smallest absolute Gasteiger partial charge is 0.308 e. The van der Waals surface area contributed by atoms with Crippen molar-refractivity contribution in [2.24, 2.45) is 13.0 Å². The third-order valence-electron chi connectivity index (χ3n) is 6.68. The zero-order chi connectivity index (χ0) is 26.3. The van der Waals surface area contributed by atoms with Crippen molar-refractivity contribution < 1.29 is 24.2 Å². The van der Waals surface area contributed by atoms with Crippen molar-refractivity contribution in [3.05, 3.63) is 39.0 Å². The number of carbonyl (C=O) groups excluding carboxylic acids is 1.